The fourth-order valence-corrected chi connectivity index (χ4v) is 2.63. The third-order valence-electron chi connectivity index (χ3n) is 2.71. The molecule has 0 spiro atoms. The Morgan fingerprint density at radius 2 is 2.00 bits per heavy atom. The SMILES string of the molecule is Nc1ccc(NC2CCCC2)c(I)c1. The van der Waals surface area contributed by atoms with E-state index < -0.39 is 0 Å². The Labute approximate surface area is 98.4 Å². The molecular weight excluding hydrogens is 287 g/mol. The third kappa shape index (κ3) is 2.32. The van der Waals surface area contributed by atoms with Crippen LogP contribution in [-0.2, 0) is 0 Å². The van der Waals surface area contributed by atoms with Crippen molar-refractivity contribution in [3.63, 3.8) is 0 Å². The smallest absolute Gasteiger partial charge is 0.0479 e. The standard InChI is InChI=1S/C11H15IN2/c12-10-7-8(13)5-6-11(10)14-9-3-1-2-4-9/h5-7,9,14H,1-4,13H2. The first-order valence-electron chi connectivity index (χ1n) is 5.07. The van der Waals surface area contributed by atoms with Crippen molar-refractivity contribution < 1.29 is 0 Å². The Hall–Kier alpha value is -0.450. The lowest BCUT2D eigenvalue weighted by atomic mass is 10.2. The van der Waals surface area contributed by atoms with E-state index in [0.29, 0.717) is 6.04 Å². The van der Waals surface area contributed by atoms with Crippen LogP contribution in [0.4, 0.5) is 11.4 Å². The Bertz CT molecular complexity index is 319. The molecule has 0 aromatic heterocycles. The van der Waals surface area contributed by atoms with Gasteiger partial charge in [0, 0.05) is 21.0 Å². The van der Waals surface area contributed by atoms with Gasteiger partial charge in [-0.05, 0) is 53.6 Å². The molecular formula is C11H15IN2. The van der Waals surface area contributed by atoms with Crippen LogP contribution in [0.15, 0.2) is 18.2 Å². The van der Waals surface area contributed by atoms with Gasteiger partial charge < -0.3 is 11.1 Å². The number of nitrogen functional groups attached to an aromatic ring is 1. The molecule has 0 bridgehead atoms. The highest BCUT2D eigenvalue weighted by Crippen LogP contribution is 2.26. The predicted molar refractivity (Wildman–Crippen MR) is 69.5 cm³/mol. The van der Waals surface area contributed by atoms with Crippen LogP contribution in [0.5, 0.6) is 0 Å². The van der Waals surface area contributed by atoms with Gasteiger partial charge in [-0.15, -0.1) is 0 Å². The summed E-state index contributed by atoms with van der Waals surface area (Å²) in [6.07, 6.45) is 5.34. The Morgan fingerprint density at radius 1 is 1.29 bits per heavy atom. The van der Waals surface area contributed by atoms with Gasteiger partial charge in [-0.1, -0.05) is 12.8 Å². The largest absolute Gasteiger partial charge is 0.399 e. The molecule has 1 aromatic rings. The summed E-state index contributed by atoms with van der Waals surface area (Å²) in [5.74, 6) is 0. The maximum atomic E-state index is 5.70. The maximum Gasteiger partial charge on any atom is 0.0479 e. The van der Waals surface area contributed by atoms with E-state index in [1.165, 1.54) is 34.9 Å². The molecule has 0 radical (unpaired) electrons. The van der Waals surface area contributed by atoms with Gasteiger partial charge in [0.15, 0.2) is 0 Å². The van der Waals surface area contributed by atoms with Gasteiger partial charge in [0.25, 0.3) is 0 Å². The normalized spacial score (nSPS) is 17.2. The Kier molecular flexibility index (Phi) is 3.15. The summed E-state index contributed by atoms with van der Waals surface area (Å²) in [4.78, 5) is 0. The molecule has 76 valence electrons. The molecule has 1 aromatic carbocycles. The van der Waals surface area contributed by atoms with Gasteiger partial charge in [0.2, 0.25) is 0 Å². The van der Waals surface area contributed by atoms with E-state index in [1.807, 2.05) is 12.1 Å². The Morgan fingerprint density at radius 3 is 2.64 bits per heavy atom. The molecule has 0 heterocycles. The van der Waals surface area contributed by atoms with Crippen molar-refractivity contribution in [1.29, 1.82) is 0 Å². The van der Waals surface area contributed by atoms with Gasteiger partial charge in [-0.3, -0.25) is 0 Å². The zero-order chi connectivity index (χ0) is 9.97. The van der Waals surface area contributed by atoms with E-state index in [-0.39, 0.29) is 0 Å². The second-order valence-electron chi connectivity index (χ2n) is 3.87. The van der Waals surface area contributed by atoms with Crippen LogP contribution >= 0.6 is 22.6 Å². The number of halogens is 1. The molecule has 3 heteroatoms. The summed E-state index contributed by atoms with van der Waals surface area (Å²) in [6.45, 7) is 0. The van der Waals surface area contributed by atoms with Crippen molar-refractivity contribution in [2.75, 3.05) is 11.1 Å². The maximum absolute atomic E-state index is 5.70. The minimum atomic E-state index is 0.673. The third-order valence-corrected chi connectivity index (χ3v) is 3.60. The van der Waals surface area contributed by atoms with Crippen LogP contribution in [0.1, 0.15) is 25.7 Å². The highest BCUT2D eigenvalue weighted by Gasteiger charge is 2.15. The summed E-state index contributed by atoms with van der Waals surface area (Å²) in [6, 6.07) is 6.72. The number of benzene rings is 1. The summed E-state index contributed by atoms with van der Waals surface area (Å²) in [5.41, 5.74) is 7.77. The number of hydrogen-bond acceptors (Lipinski definition) is 2. The highest BCUT2D eigenvalue weighted by atomic mass is 127. The number of hydrogen-bond donors (Lipinski definition) is 2. The predicted octanol–water partition coefficient (Wildman–Crippen LogP) is 3.23. The lowest BCUT2D eigenvalue weighted by molar-refractivity contribution is 0.755. The second-order valence-corrected chi connectivity index (χ2v) is 5.03. The van der Waals surface area contributed by atoms with Crippen molar-refractivity contribution in [1.82, 2.24) is 0 Å². The molecule has 0 saturated heterocycles. The lowest BCUT2D eigenvalue weighted by Gasteiger charge is -2.15. The van der Waals surface area contributed by atoms with Crippen molar-refractivity contribution >= 4 is 34.0 Å². The topological polar surface area (TPSA) is 38.0 Å². The number of nitrogens with two attached hydrogens (primary N) is 1. The van der Waals surface area contributed by atoms with E-state index in [9.17, 15) is 0 Å². The highest BCUT2D eigenvalue weighted by molar-refractivity contribution is 14.1. The fourth-order valence-electron chi connectivity index (χ4n) is 1.94. The van der Waals surface area contributed by atoms with Crippen LogP contribution in [-0.4, -0.2) is 6.04 Å². The molecule has 1 aliphatic rings. The van der Waals surface area contributed by atoms with Crippen LogP contribution in [0.3, 0.4) is 0 Å². The van der Waals surface area contributed by atoms with Crippen LogP contribution in [0, 0.1) is 3.57 Å². The van der Waals surface area contributed by atoms with E-state index in [1.54, 1.807) is 0 Å². The van der Waals surface area contributed by atoms with Gasteiger partial charge in [0.1, 0.15) is 0 Å². The number of anilines is 2. The summed E-state index contributed by atoms with van der Waals surface area (Å²) in [5, 5.41) is 3.57. The zero-order valence-electron chi connectivity index (χ0n) is 8.09. The van der Waals surface area contributed by atoms with Gasteiger partial charge >= 0.3 is 0 Å². The average Bonchev–Trinajstić information content (AvgIpc) is 2.62. The van der Waals surface area contributed by atoms with Crippen molar-refractivity contribution in [3.05, 3.63) is 21.8 Å². The first kappa shape index (κ1) is 10.1. The quantitative estimate of drug-likeness (QED) is 0.650. The molecule has 3 N–H and O–H groups in total. The van der Waals surface area contributed by atoms with E-state index in [4.69, 9.17) is 5.73 Å². The van der Waals surface area contributed by atoms with Crippen molar-refractivity contribution in [2.24, 2.45) is 0 Å². The molecule has 1 saturated carbocycles. The molecule has 2 rings (SSSR count). The molecule has 1 aliphatic carbocycles. The minimum absolute atomic E-state index is 0.673. The molecule has 0 aliphatic heterocycles. The van der Waals surface area contributed by atoms with Crippen LogP contribution in [0.2, 0.25) is 0 Å². The van der Waals surface area contributed by atoms with Crippen molar-refractivity contribution in [3.8, 4) is 0 Å². The summed E-state index contributed by atoms with van der Waals surface area (Å²) >= 11 is 2.33. The molecule has 1 fully saturated rings. The zero-order valence-corrected chi connectivity index (χ0v) is 10.3. The van der Waals surface area contributed by atoms with E-state index in [0.717, 1.165) is 5.69 Å². The molecule has 0 amide bonds. The molecule has 14 heavy (non-hydrogen) atoms. The monoisotopic (exact) mass is 302 g/mol. The van der Waals surface area contributed by atoms with Gasteiger partial charge in [-0.25, -0.2) is 0 Å². The average molecular weight is 302 g/mol. The first-order valence-corrected chi connectivity index (χ1v) is 6.15. The second kappa shape index (κ2) is 4.38. The molecule has 2 nitrogen and oxygen atoms in total. The summed E-state index contributed by atoms with van der Waals surface area (Å²) in [7, 11) is 0. The number of nitrogens with one attached hydrogen (secondary N) is 1. The summed E-state index contributed by atoms with van der Waals surface area (Å²) < 4.78 is 1.22. The first-order chi connectivity index (χ1) is 6.75. The minimum Gasteiger partial charge on any atom is -0.399 e. The fraction of sp³-hybridized carbons (Fsp3) is 0.455. The Balaban J connectivity index is 2.08. The van der Waals surface area contributed by atoms with Crippen LogP contribution < -0.4 is 11.1 Å². The van der Waals surface area contributed by atoms with E-state index in [2.05, 4.69) is 34.0 Å². The van der Waals surface area contributed by atoms with E-state index >= 15 is 0 Å². The number of rotatable bonds is 2. The van der Waals surface area contributed by atoms with Crippen LogP contribution in [0.25, 0.3) is 0 Å². The van der Waals surface area contributed by atoms with Gasteiger partial charge in [0.05, 0.1) is 0 Å². The molecule has 0 unspecified atom stereocenters. The van der Waals surface area contributed by atoms with Crippen molar-refractivity contribution in [2.45, 2.75) is 31.7 Å². The molecule has 0 atom stereocenters. The van der Waals surface area contributed by atoms with Gasteiger partial charge in [-0.2, -0.15) is 0 Å². The lowest BCUT2D eigenvalue weighted by Crippen LogP contribution is -2.15.